The SMILES string of the molecule is CC[C@H](C)NC(=O)Cc1csc2nc(C)c(-c3cc(C)n(-c4cc(C)ccc4C)n3)c(=O)n12. The van der Waals surface area contributed by atoms with Crippen molar-refractivity contribution < 1.29 is 4.79 Å². The first kappa shape index (κ1) is 22.9. The highest BCUT2D eigenvalue weighted by atomic mass is 32.1. The lowest BCUT2D eigenvalue weighted by atomic mass is 10.1. The van der Waals surface area contributed by atoms with Crippen LogP contribution in [0.15, 0.2) is 34.4 Å². The Hall–Kier alpha value is -3.26. The average molecular weight is 464 g/mol. The molecule has 0 saturated heterocycles. The monoisotopic (exact) mass is 463 g/mol. The minimum atomic E-state index is -0.198. The van der Waals surface area contributed by atoms with Crippen LogP contribution in [0.1, 0.15) is 48.5 Å². The Morgan fingerprint density at radius 2 is 1.94 bits per heavy atom. The molecule has 0 bridgehead atoms. The summed E-state index contributed by atoms with van der Waals surface area (Å²) in [6, 6.07) is 8.24. The molecule has 7 nitrogen and oxygen atoms in total. The number of amides is 1. The molecule has 0 radical (unpaired) electrons. The zero-order valence-electron chi connectivity index (χ0n) is 19.9. The van der Waals surface area contributed by atoms with Gasteiger partial charge in [-0.25, -0.2) is 9.67 Å². The third kappa shape index (κ3) is 4.35. The predicted molar refractivity (Wildman–Crippen MR) is 132 cm³/mol. The summed E-state index contributed by atoms with van der Waals surface area (Å²) in [4.78, 5) is 31.3. The van der Waals surface area contributed by atoms with E-state index in [9.17, 15) is 9.59 Å². The van der Waals surface area contributed by atoms with Crippen molar-refractivity contribution in [3.63, 3.8) is 0 Å². The van der Waals surface area contributed by atoms with Gasteiger partial charge >= 0.3 is 0 Å². The molecule has 1 aromatic carbocycles. The fourth-order valence-electron chi connectivity index (χ4n) is 3.90. The lowest BCUT2D eigenvalue weighted by molar-refractivity contribution is -0.121. The summed E-state index contributed by atoms with van der Waals surface area (Å²) >= 11 is 1.37. The number of thiazole rings is 1. The van der Waals surface area contributed by atoms with E-state index in [0.29, 0.717) is 27.6 Å². The summed E-state index contributed by atoms with van der Waals surface area (Å²) < 4.78 is 3.43. The largest absolute Gasteiger partial charge is 0.353 e. The molecule has 1 N–H and O–H groups in total. The molecule has 0 aliphatic heterocycles. The van der Waals surface area contributed by atoms with Gasteiger partial charge in [-0.05, 0) is 64.3 Å². The fraction of sp³-hybridized carbons (Fsp3) is 0.360. The number of hydrogen-bond donors (Lipinski definition) is 1. The smallest absolute Gasteiger partial charge is 0.268 e. The Kier molecular flexibility index (Phi) is 6.21. The summed E-state index contributed by atoms with van der Waals surface area (Å²) in [6.45, 7) is 11.9. The summed E-state index contributed by atoms with van der Waals surface area (Å²) in [5.74, 6) is -0.104. The molecule has 1 amide bonds. The molecule has 4 rings (SSSR count). The van der Waals surface area contributed by atoms with Gasteiger partial charge in [0.25, 0.3) is 5.56 Å². The van der Waals surface area contributed by atoms with Gasteiger partial charge in [0.15, 0.2) is 4.96 Å². The van der Waals surface area contributed by atoms with E-state index in [-0.39, 0.29) is 23.9 Å². The highest BCUT2D eigenvalue weighted by molar-refractivity contribution is 7.15. The molecule has 1 atom stereocenters. The Bertz CT molecular complexity index is 1410. The first-order chi connectivity index (χ1) is 15.7. The average Bonchev–Trinajstić information content (AvgIpc) is 3.33. The number of hydrogen-bond acceptors (Lipinski definition) is 5. The molecule has 0 unspecified atom stereocenters. The molecule has 0 saturated carbocycles. The second-order valence-electron chi connectivity index (χ2n) is 8.65. The van der Waals surface area contributed by atoms with E-state index in [0.717, 1.165) is 28.9 Å². The normalized spacial score (nSPS) is 12.3. The van der Waals surface area contributed by atoms with Crippen LogP contribution < -0.4 is 10.9 Å². The predicted octanol–water partition coefficient (Wildman–Crippen LogP) is 4.30. The maximum Gasteiger partial charge on any atom is 0.268 e. The Balaban J connectivity index is 1.80. The van der Waals surface area contributed by atoms with Crippen molar-refractivity contribution in [2.75, 3.05) is 0 Å². The van der Waals surface area contributed by atoms with E-state index >= 15 is 0 Å². The molecular formula is C25H29N5O2S. The van der Waals surface area contributed by atoms with Crippen molar-refractivity contribution in [2.45, 2.75) is 60.4 Å². The molecule has 3 heterocycles. The first-order valence-corrected chi connectivity index (χ1v) is 12.0. The number of nitrogens with zero attached hydrogens (tertiary/aromatic N) is 4. The van der Waals surface area contributed by atoms with Gasteiger partial charge in [-0.2, -0.15) is 5.10 Å². The molecule has 4 aromatic rings. The highest BCUT2D eigenvalue weighted by Crippen LogP contribution is 2.25. The van der Waals surface area contributed by atoms with Gasteiger partial charge in [0.1, 0.15) is 5.69 Å². The second-order valence-corrected chi connectivity index (χ2v) is 9.49. The van der Waals surface area contributed by atoms with Crippen LogP contribution in [-0.2, 0) is 11.2 Å². The van der Waals surface area contributed by atoms with Gasteiger partial charge in [0, 0.05) is 22.8 Å². The van der Waals surface area contributed by atoms with Crippen molar-refractivity contribution in [3.8, 4) is 16.9 Å². The highest BCUT2D eigenvalue weighted by Gasteiger charge is 2.20. The third-order valence-electron chi connectivity index (χ3n) is 5.92. The van der Waals surface area contributed by atoms with Gasteiger partial charge < -0.3 is 5.32 Å². The number of carbonyl (C=O) groups is 1. The molecule has 0 fully saturated rings. The van der Waals surface area contributed by atoms with Gasteiger partial charge in [-0.3, -0.25) is 14.0 Å². The summed E-state index contributed by atoms with van der Waals surface area (Å²) in [5.41, 5.74) is 6.28. The van der Waals surface area contributed by atoms with Crippen molar-refractivity contribution in [2.24, 2.45) is 0 Å². The van der Waals surface area contributed by atoms with Gasteiger partial charge in [0.2, 0.25) is 5.91 Å². The molecule has 8 heteroatoms. The molecule has 0 spiro atoms. The van der Waals surface area contributed by atoms with Crippen LogP contribution >= 0.6 is 11.3 Å². The van der Waals surface area contributed by atoms with Crippen LogP contribution in [0.5, 0.6) is 0 Å². The Morgan fingerprint density at radius 3 is 2.67 bits per heavy atom. The molecule has 3 aromatic heterocycles. The minimum Gasteiger partial charge on any atom is -0.353 e. The fourth-order valence-corrected chi connectivity index (χ4v) is 4.83. The van der Waals surface area contributed by atoms with Crippen molar-refractivity contribution in [1.29, 1.82) is 0 Å². The van der Waals surface area contributed by atoms with E-state index in [2.05, 4.69) is 28.5 Å². The van der Waals surface area contributed by atoms with E-state index in [1.54, 1.807) is 4.40 Å². The molecule has 172 valence electrons. The molecule has 33 heavy (non-hydrogen) atoms. The minimum absolute atomic E-state index is 0.0899. The summed E-state index contributed by atoms with van der Waals surface area (Å²) in [7, 11) is 0. The van der Waals surface area contributed by atoms with Crippen LogP contribution in [0.4, 0.5) is 0 Å². The van der Waals surface area contributed by atoms with E-state index in [1.807, 2.05) is 57.7 Å². The first-order valence-electron chi connectivity index (χ1n) is 11.1. The number of aromatic nitrogens is 4. The number of carbonyl (C=O) groups excluding carboxylic acids is 1. The lowest BCUT2D eigenvalue weighted by Gasteiger charge is -2.11. The number of benzene rings is 1. The van der Waals surface area contributed by atoms with Crippen molar-refractivity contribution in [1.82, 2.24) is 24.5 Å². The number of fused-ring (bicyclic) bond motifs is 1. The maximum atomic E-state index is 13.6. The Labute approximate surface area is 197 Å². The number of rotatable bonds is 6. The summed E-state index contributed by atoms with van der Waals surface area (Å²) in [5, 5.41) is 9.59. The quantitative estimate of drug-likeness (QED) is 0.462. The van der Waals surface area contributed by atoms with Crippen LogP contribution in [0.2, 0.25) is 0 Å². The van der Waals surface area contributed by atoms with Crippen LogP contribution in [0, 0.1) is 27.7 Å². The maximum absolute atomic E-state index is 13.6. The number of nitrogens with one attached hydrogen (secondary N) is 1. The zero-order chi connectivity index (χ0) is 23.9. The van der Waals surface area contributed by atoms with Crippen molar-refractivity contribution in [3.05, 3.63) is 68.2 Å². The standard InChI is InChI=1S/C25H29N5O2S/c1-7-16(4)26-22(31)12-19-13-33-25-27-18(6)23(24(32)29(19)25)20-11-17(5)30(28-20)21-10-14(2)8-9-15(21)3/h8-11,13,16H,7,12H2,1-6H3,(H,26,31)/t16-/m0/s1. The third-order valence-corrected chi connectivity index (χ3v) is 6.79. The van der Waals surface area contributed by atoms with Crippen LogP contribution in [0.3, 0.4) is 0 Å². The molecular weight excluding hydrogens is 434 g/mol. The van der Waals surface area contributed by atoms with E-state index in [1.165, 1.54) is 11.3 Å². The van der Waals surface area contributed by atoms with Crippen LogP contribution in [-0.4, -0.2) is 31.1 Å². The van der Waals surface area contributed by atoms with E-state index < -0.39 is 0 Å². The molecule has 0 aliphatic rings. The second kappa shape index (κ2) is 8.94. The molecule has 0 aliphatic carbocycles. The van der Waals surface area contributed by atoms with Gasteiger partial charge in [0.05, 0.1) is 23.4 Å². The Morgan fingerprint density at radius 1 is 1.18 bits per heavy atom. The van der Waals surface area contributed by atoms with Gasteiger partial charge in [-0.15, -0.1) is 11.3 Å². The van der Waals surface area contributed by atoms with Crippen LogP contribution in [0.25, 0.3) is 21.9 Å². The number of aryl methyl sites for hydroxylation is 4. The summed E-state index contributed by atoms with van der Waals surface area (Å²) in [6.07, 6.45) is 0.980. The zero-order valence-corrected chi connectivity index (χ0v) is 20.7. The van der Waals surface area contributed by atoms with Gasteiger partial charge in [-0.1, -0.05) is 19.1 Å². The van der Waals surface area contributed by atoms with Crippen molar-refractivity contribution >= 4 is 22.2 Å². The van der Waals surface area contributed by atoms with E-state index in [4.69, 9.17) is 5.10 Å². The topological polar surface area (TPSA) is 81.3 Å². The lowest BCUT2D eigenvalue weighted by Crippen LogP contribution is -2.34.